The Morgan fingerprint density at radius 1 is 1.17 bits per heavy atom. The molecule has 0 bridgehead atoms. The molecule has 0 atom stereocenters. The third-order valence-corrected chi connectivity index (χ3v) is 6.08. The van der Waals surface area contributed by atoms with E-state index in [1.807, 2.05) is 38.1 Å². The highest BCUT2D eigenvalue weighted by Crippen LogP contribution is 2.39. The molecule has 30 heavy (non-hydrogen) atoms. The summed E-state index contributed by atoms with van der Waals surface area (Å²) in [6.45, 7) is 5.10. The number of thioether (sulfide) groups is 1. The molecule has 3 rings (SSSR count). The molecule has 0 aliphatic carbocycles. The standard InChI is InChI=1S/C22H22ClNO4S2/c1-4-24-21(25)19(30-22(24)29)13-15-11-16(23)20(18(12-15)26-3)28-10-9-27-17-8-6-5-7-14(17)2/h5-8,11-13H,4,9-10H2,1-3H3. The van der Waals surface area contributed by atoms with Crippen LogP contribution in [-0.4, -0.2) is 42.0 Å². The number of para-hydroxylation sites is 1. The van der Waals surface area contributed by atoms with E-state index >= 15 is 0 Å². The van der Waals surface area contributed by atoms with E-state index in [0.29, 0.717) is 45.5 Å². The quantitative estimate of drug-likeness (QED) is 0.299. The minimum Gasteiger partial charge on any atom is -0.493 e. The van der Waals surface area contributed by atoms with E-state index in [1.165, 1.54) is 11.8 Å². The summed E-state index contributed by atoms with van der Waals surface area (Å²) < 4.78 is 17.6. The molecule has 1 aliphatic rings. The van der Waals surface area contributed by atoms with E-state index in [4.69, 9.17) is 38.0 Å². The second-order valence-corrected chi connectivity index (χ2v) is 8.51. The van der Waals surface area contributed by atoms with Gasteiger partial charge in [-0.1, -0.05) is 53.8 Å². The van der Waals surface area contributed by atoms with Gasteiger partial charge >= 0.3 is 0 Å². The Kier molecular flexibility index (Phi) is 7.64. The predicted octanol–water partition coefficient (Wildman–Crippen LogP) is 5.34. The number of aryl methyl sites for hydroxylation is 1. The van der Waals surface area contributed by atoms with Crippen LogP contribution in [-0.2, 0) is 4.79 Å². The van der Waals surface area contributed by atoms with Crippen LogP contribution in [0.3, 0.4) is 0 Å². The first kappa shape index (κ1) is 22.5. The fourth-order valence-electron chi connectivity index (χ4n) is 2.90. The number of amides is 1. The van der Waals surface area contributed by atoms with Gasteiger partial charge in [0.1, 0.15) is 23.3 Å². The van der Waals surface area contributed by atoms with Crippen molar-refractivity contribution in [1.82, 2.24) is 4.90 Å². The number of carbonyl (C=O) groups is 1. The van der Waals surface area contributed by atoms with E-state index in [1.54, 1.807) is 30.2 Å². The Morgan fingerprint density at radius 2 is 1.90 bits per heavy atom. The summed E-state index contributed by atoms with van der Waals surface area (Å²) in [5, 5.41) is 0.391. The first-order valence-electron chi connectivity index (χ1n) is 9.38. The van der Waals surface area contributed by atoms with Crippen LogP contribution in [0.2, 0.25) is 5.02 Å². The van der Waals surface area contributed by atoms with Crippen molar-refractivity contribution in [2.24, 2.45) is 0 Å². The van der Waals surface area contributed by atoms with Gasteiger partial charge in [0.25, 0.3) is 5.91 Å². The Bertz CT molecular complexity index is 993. The minimum absolute atomic E-state index is 0.101. The summed E-state index contributed by atoms with van der Waals surface area (Å²) in [6.07, 6.45) is 1.76. The average Bonchev–Trinajstić information content (AvgIpc) is 2.99. The number of carbonyl (C=O) groups excluding carboxylic acids is 1. The van der Waals surface area contributed by atoms with Crippen molar-refractivity contribution in [2.45, 2.75) is 13.8 Å². The maximum absolute atomic E-state index is 12.4. The highest BCUT2D eigenvalue weighted by Gasteiger charge is 2.30. The molecule has 2 aromatic carbocycles. The predicted molar refractivity (Wildman–Crippen MR) is 126 cm³/mol. The molecule has 1 heterocycles. The first-order chi connectivity index (χ1) is 14.4. The molecule has 1 amide bonds. The van der Waals surface area contributed by atoms with Gasteiger partial charge < -0.3 is 14.2 Å². The molecule has 0 spiro atoms. The topological polar surface area (TPSA) is 48.0 Å². The van der Waals surface area contributed by atoms with E-state index in [2.05, 4.69) is 0 Å². The van der Waals surface area contributed by atoms with Gasteiger partial charge in [0.2, 0.25) is 0 Å². The van der Waals surface area contributed by atoms with Gasteiger partial charge in [0, 0.05) is 6.54 Å². The lowest BCUT2D eigenvalue weighted by molar-refractivity contribution is -0.121. The molecule has 2 aromatic rings. The number of benzene rings is 2. The van der Waals surface area contributed by atoms with Crippen LogP contribution < -0.4 is 14.2 Å². The zero-order valence-electron chi connectivity index (χ0n) is 16.9. The number of nitrogens with zero attached hydrogens (tertiary/aromatic N) is 1. The van der Waals surface area contributed by atoms with E-state index in [9.17, 15) is 4.79 Å². The molecule has 0 N–H and O–H groups in total. The van der Waals surface area contributed by atoms with Crippen LogP contribution in [0, 0.1) is 6.92 Å². The van der Waals surface area contributed by atoms with Crippen LogP contribution in [0.5, 0.6) is 17.2 Å². The van der Waals surface area contributed by atoms with Gasteiger partial charge in [-0.2, -0.15) is 0 Å². The molecule has 0 unspecified atom stereocenters. The van der Waals surface area contributed by atoms with E-state index in [0.717, 1.165) is 16.9 Å². The van der Waals surface area contributed by atoms with Crippen LogP contribution in [0.15, 0.2) is 41.3 Å². The molecular formula is C22H22ClNO4S2. The summed E-state index contributed by atoms with van der Waals surface area (Å²) in [4.78, 5) is 14.5. The molecule has 1 fully saturated rings. The van der Waals surface area contributed by atoms with Crippen molar-refractivity contribution in [3.63, 3.8) is 0 Å². The van der Waals surface area contributed by atoms with Crippen molar-refractivity contribution in [3.8, 4) is 17.2 Å². The number of methoxy groups -OCH3 is 1. The lowest BCUT2D eigenvalue weighted by Gasteiger charge is -2.14. The lowest BCUT2D eigenvalue weighted by atomic mass is 10.1. The van der Waals surface area contributed by atoms with Gasteiger partial charge in [-0.3, -0.25) is 9.69 Å². The monoisotopic (exact) mass is 463 g/mol. The highest BCUT2D eigenvalue weighted by atomic mass is 35.5. The molecular weight excluding hydrogens is 442 g/mol. The van der Waals surface area contributed by atoms with Crippen molar-refractivity contribution < 1.29 is 19.0 Å². The fourth-order valence-corrected chi connectivity index (χ4v) is 4.56. The molecule has 0 aromatic heterocycles. The Labute approximate surface area is 190 Å². The Morgan fingerprint density at radius 3 is 2.57 bits per heavy atom. The van der Waals surface area contributed by atoms with Gasteiger partial charge in [-0.05, 0) is 49.2 Å². The van der Waals surface area contributed by atoms with Crippen LogP contribution in [0.1, 0.15) is 18.1 Å². The summed E-state index contributed by atoms with van der Waals surface area (Å²) >= 11 is 13.0. The van der Waals surface area contributed by atoms with Crippen molar-refractivity contribution in [1.29, 1.82) is 0 Å². The summed E-state index contributed by atoms with van der Waals surface area (Å²) in [5.74, 6) is 1.64. The third kappa shape index (κ3) is 5.09. The largest absolute Gasteiger partial charge is 0.493 e. The van der Waals surface area contributed by atoms with Crippen molar-refractivity contribution in [2.75, 3.05) is 26.9 Å². The number of likely N-dealkylation sites (N-methyl/N-ethyl adjacent to an activating group) is 1. The second-order valence-electron chi connectivity index (χ2n) is 6.42. The smallest absolute Gasteiger partial charge is 0.266 e. The van der Waals surface area contributed by atoms with Crippen LogP contribution >= 0.6 is 35.6 Å². The number of thiocarbonyl (C=S) groups is 1. The average molecular weight is 464 g/mol. The second kappa shape index (κ2) is 10.2. The maximum Gasteiger partial charge on any atom is 0.266 e. The van der Waals surface area contributed by atoms with E-state index in [-0.39, 0.29) is 5.91 Å². The normalized spacial score (nSPS) is 15.1. The van der Waals surface area contributed by atoms with Crippen molar-refractivity contribution in [3.05, 3.63) is 57.5 Å². The van der Waals surface area contributed by atoms with Gasteiger partial charge in [0.05, 0.1) is 17.0 Å². The van der Waals surface area contributed by atoms with Crippen LogP contribution in [0.25, 0.3) is 6.08 Å². The number of hydrogen-bond donors (Lipinski definition) is 0. The number of ether oxygens (including phenoxy) is 3. The molecule has 5 nitrogen and oxygen atoms in total. The molecule has 0 saturated carbocycles. The van der Waals surface area contributed by atoms with Gasteiger partial charge in [-0.15, -0.1) is 0 Å². The van der Waals surface area contributed by atoms with Crippen LogP contribution in [0.4, 0.5) is 0 Å². The summed E-state index contributed by atoms with van der Waals surface area (Å²) in [6, 6.07) is 11.3. The maximum atomic E-state index is 12.4. The van der Waals surface area contributed by atoms with Crippen molar-refractivity contribution >= 4 is 51.9 Å². The third-order valence-electron chi connectivity index (χ3n) is 4.42. The summed E-state index contributed by atoms with van der Waals surface area (Å²) in [5.41, 5.74) is 1.79. The fraction of sp³-hybridized carbons (Fsp3) is 0.273. The SMILES string of the molecule is CCN1C(=O)C(=Cc2cc(Cl)c(OCCOc3ccccc3C)c(OC)c2)SC1=S. The van der Waals surface area contributed by atoms with Gasteiger partial charge in [-0.25, -0.2) is 0 Å². The lowest BCUT2D eigenvalue weighted by Crippen LogP contribution is -2.27. The number of halogens is 1. The number of hydrogen-bond acceptors (Lipinski definition) is 6. The van der Waals surface area contributed by atoms with Gasteiger partial charge in [0.15, 0.2) is 11.5 Å². The Hall–Kier alpha value is -2.22. The zero-order chi connectivity index (χ0) is 21.7. The number of rotatable bonds is 8. The molecule has 0 radical (unpaired) electrons. The summed E-state index contributed by atoms with van der Waals surface area (Å²) in [7, 11) is 1.54. The zero-order valence-corrected chi connectivity index (χ0v) is 19.3. The minimum atomic E-state index is -0.101. The Balaban J connectivity index is 1.70. The first-order valence-corrected chi connectivity index (χ1v) is 11.0. The molecule has 1 aliphatic heterocycles. The molecule has 1 saturated heterocycles. The highest BCUT2D eigenvalue weighted by molar-refractivity contribution is 8.26. The van der Waals surface area contributed by atoms with E-state index < -0.39 is 0 Å². The molecule has 8 heteroatoms. The molecule has 158 valence electrons.